The molecule has 0 aromatic heterocycles. The first kappa shape index (κ1) is 25.4. The molecule has 8 nitrogen and oxygen atoms in total. The number of carbonyl (C=O) groups excluding carboxylic acids is 3. The molecule has 37 heavy (non-hydrogen) atoms. The molecule has 3 aliphatic rings. The van der Waals surface area contributed by atoms with Crippen molar-refractivity contribution in [3.63, 3.8) is 0 Å². The van der Waals surface area contributed by atoms with Gasteiger partial charge in [-0.2, -0.15) is 0 Å². The molecule has 0 bridgehead atoms. The number of nitrogens with one attached hydrogen (secondary N) is 2. The van der Waals surface area contributed by atoms with Crippen LogP contribution in [0.1, 0.15) is 53.7 Å². The second kappa shape index (κ2) is 9.91. The summed E-state index contributed by atoms with van der Waals surface area (Å²) in [5.41, 5.74) is 1.61. The van der Waals surface area contributed by atoms with Gasteiger partial charge in [0.2, 0.25) is 11.8 Å². The zero-order valence-corrected chi connectivity index (χ0v) is 21.1. The van der Waals surface area contributed by atoms with Crippen molar-refractivity contribution in [2.24, 2.45) is 0 Å². The summed E-state index contributed by atoms with van der Waals surface area (Å²) in [5.74, 6) is -1.75. The van der Waals surface area contributed by atoms with E-state index < -0.39 is 17.3 Å². The number of imide groups is 1. The molecule has 10 heteroatoms. The minimum atomic E-state index is -1.60. The maximum Gasteiger partial charge on any atom is 0.254 e. The normalized spacial score (nSPS) is 26.2. The summed E-state index contributed by atoms with van der Waals surface area (Å²) in [6.07, 6.45) is 0.417. The van der Waals surface area contributed by atoms with Crippen molar-refractivity contribution in [2.75, 3.05) is 18.4 Å². The predicted octanol–water partition coefficient (Wildman–Crippen LogP) is 2.30. The molecule has 5 rings (SSSR count). The summed E-state index contributed by atoms with van der Waals surface area (Å²) in [6.45, 7) is 6.72. The second-order valence-corrected chi connectivity index (χ2v) is 10.3. The predicted molar refractivity (Wildman–Crippen MR) is 136 cm³/mol. The lowest BCUT2D eigenvalue weighted by Gasteiger charge is -2.40. The van der Waals surface area contributed by atoms with E-state index >= 15 is 0 Å². The molecule has 2 fully saturated rings. The van der Waals surface area contributed by atoms with Gasteiger partial charge in [-0.25, -0.2) is 4.39 Å². The fourth-order valence-corrected chi connectivity index (χ4v) is 5.49. The SMILES string of the molecule is [B]C1(N2Cc3c(NCc4ccc(CN5CC(C)OC(C)C5)cc4F)cccc3C2=O)CCC(=O)NC1=O. The summed E-state index contributed by atoms with van der Waals surface area (Å²) in [6, 6.07) is 10.5. The third kappa shape index (κ3) is 5.00. The molecule has 3 aliphatic heterocycles. The summed E-state index contributed by atoms with van der Waals surface area (Å²) >= 11 is 0. The van der Waals surface area contributed by atoms with Gasteiger partial charge in [-0.15, -0.1) is 0 Å². The molecule has 3 atom stereocenters. The number of halogens is 1. The highest BCUT2D eigenvalue weighted by Crippen LogP contribution is 2.36. The quantitative estimate of drug-likeness (QED) is 0.464. The number of piperidine rings is 1. The van der Waals surface area contributed by atoms with Gasteiger partial charge >= 0.3 is 0 Å². The lowest BCUT2D eigenvalue weighted by Crippen LogP contribution is -2.63. The maximum absolute atomic E-state index is 15.0. The number of hydrogen-bond donors (Lipinski definition) is 2. The number of ether oxygens (including phenoxy) is 1. The number of amides is 3. The highest BCUT2D eigenvalue weighted by Gasteiger charge is 2.48. The number of benzene rings is 2. The second-order valence-electron chi connectivity index (χ2n) is 10.3. The van der Waals surface area contributed by atoms with Crippen molar-refractivity contribution < 1.29 is 23.5 Å². The zero-order valence-electron chi connectivity index (χ0n) is 21.1. The van der Waals surface area contributed by atoms with Crippen LogP contribution in [0.3, 0.4) is 0 Å². The third-order valence-electron chi connectivity index (χ3n) is 7.32. The molecule has 0 saturated carbocycles. The summed E-state index contributed by atoms with van der Waals surface area (Å²) in [5, 5.41) is 5.48. The van der Waals surface area contributed by atoms with Crippen molar-refractivity contribution in [1.29, 1.82) is 0 Å². The average Bonchev–Trinajstić information content (AvgIpc) is 3.18. The lowest BCUT2D eigenvalue weighted by atomic mass is 9.70. The van der Waals surface area contributed by atoms with E-state index in [0.717, 1.165) is 18.7 Å². The molecule has 0 spiro atoms. The van der Waals surface area contributed by atoms with Gasteiger partial charge in [0.05, 0.1) is 17.6 Å². The standard InChI is InChI=1S/C27H30BFN4O4/c1-16-12-32(13-17(2)37-16)14-18-6-7-19(22(29)10-18)11-30-23-5-3-4-20-21(23)15-33(25(20)35)27(28)9-8-24(34)31-26(27)36/h3-7,10,16-17,30H,8-9,11-15H2,1-2H3,(H,31,34,36). The molecule has 0 aliphatic carbocycles. The van der Waals surface area contributed by atoms with Crippen molar-refractivity contribution in [3.05, 3.63) is 64.5 Å². The van der Waals surface area contributed by atoms with Crippen LogP contribution in [0.4, 0.5) is 10.1 Å². The number of nitrogens with zero attached hydrogens (tertiary/aromatic N) is 2. The van der Waals surface area contributed by atoms with Crippen LogP contribution in [0.2, 0.25) is 0 Å². The van der Waals surface area contributed by atoms with Crippen LogP contribution in [0.15, 0.2) is 36.4 Å². The van der Waals surface area contributed by atoms with E-state index in [9.17, 15) is 18.8 Å². The molecule has 2 N–H and O–H groups in total. The summed E-state index contributed by atoms with van der Waals surface area (Å²) < 4.78 is 20.8. The van der Waals surface area contributed by atoms with Crippen LogP contribution >= 0.6 is 0 Å². The minimum absolute atomic E-state index is 0.0556. The Hall–Kier alpha value is -3.24. The van der Waals surface area contributed by atoms with Crippen LogP contribution in [0.25, 0.3) is 0 Å². The fraction of sp³-hybridized carbons (Fsp3) is 0.444. The van der Waals surface area contributed by atoms with Gasteiger partial charge in [-0.3, -0.25) is 24.6 Å². The van der Waals surface area contributed by atoms with Crippen molar-refractivity contribution in [3.8, 4) is 0 Å². The van der Waals surface area contributed by atoms with Crippen molar-refractivity contribution in [2.45, 2.75) is 64.0 Å². The first-order valence-corrected chi connectivity index (χ1v) is 12.6. The van der Waals surface area contributed by atoms with Crippen LogP contribution in [-0.4, -0.2) is 66.1 Å². The monoisotopic (exact) mass is 504 g/mol. The first-order valence-electron chi connectivity index (χ1n) is 12.6. The van der Waals surface area contributed by atoms with Gasteiger partial charge in [-0.1, -0.05) is 18.2 Å². The van der Waals surface area contributed by atoms with Crippen molar-refractivity contribution in [1.82, 2.24) is 15.1 Å². The zero-order chi connectivity index (χ0) is 26.3. The van der Waals surface area contributed by atoms with E-state index in [2.05, 4.69) is 15.5 Å². The number of carbonyl (C=O) groups is 3. The fourth-order valence-electron chi connectivity index (χ4n) is 5.49. The Morgan fingerprint density at radius 2 is 1.92 bits per heavy atom. The minimum Gasteiger partial charge on any atom is -0.381 e. The Kier molecular flexibility index (Phi) is 6.81. The number of morpholine rings is 1. The molecular formula is C27H30BFN4O4. The Morgan fingerprint density at radius 3 is 2.62 bits per heavy atom. The number of rotatable bonds is 6. The molecule has 3 amide bonds. The molecule has 192 valence electrons. The summed E-state index contributed by atoms with van der Waals surface area (Å²) in [7, 11) is 6.33. The Balaban J connectivity index is 1.27. The molecule has 2 aromatic rings. The Labute approximate surface area is 216 Å². The molecule has 2 saturated heterocycles. The van der Waals surface area contributed by atoms with E-state index in [-0.39, 0.29) is 49.9 Å². The van der Waals surface area contributed by atoms with Crippen LogP contribution in [0, 0.1) is 5.82 Å². The number of anilines is 1. The topological polar surface area (TPSA) is 91.0 Å². The van der Waals surface area contributed by atoms with Gasteiger partial charge in [0.25, 0.3) is 5.91 Å². The Bertz CT molecular complexity index is 1250. The number of hydrogen-bond acceptors (Lipinski definition) is 6. The molecular weight excluding hydrogens is 474 g/mol. The van der Waals surface area contributed by atoms with Crippen molar-refractivity contribution >= 4 is 31.3 Å². The first-order chi connectivity index (χ1) is 17.6. The van der Waals surface area contributed by atoms with Gasteiger partial charge in [0.15, 0.2) is 0 Å². The smallest absolute Gasteiger partial charge is 0.254 e. The number of fused-ring (bicyclic) bond motifs is 1. The van der Waals surface area contributed by atoms with E-state index in [1.807, 2.05) is 26.0 Å². The van der Waals surface area contributed by atoms with E-state index in [1.54, 1.807) is 24.3 Å². The highest BCUT2D eigenvalue weighted by atomic mass is 19.1. The largest absolute Gasteiger partial charge is 0.381 e. The van der Waals surface area contributed by atoms with E-state index in [1.165, 1.54) is 4.90 Å². The van der Waals surface area contributed by atoms with Gasteiger partial charge < -0.3 is 15.0 Å². The molecule has 3 unspecified atom stereocenters. The van der Waals surface area contributed by atoms with E-state index in [4.69, 9.17) is 12.6 Å². The van der Waals surface area contributed by atoms with Crippen LogP contribution in [-0.2, 0) is 34.0 Å². The van der Waals surface area contributed by atoms with Gasteiger partial charge in [0.1, 0.15) is 13.7 Å². The van der Waals surface area contributed by atoms with Gasteiger partial charge in [-0.05, 0) is 44.0 Å². The molecule has 2 aromatic carbocycles. The average molecular weight is 504 g/mol. The van der Waals surface area contributed by atoms with Crippen LogP contribution in [0.5, 0.6) is 0 Å². The Morgan fingerprint density at radius 1 is 1.16 bits per heavy atom. The maximum atomic E-state index is 15.0. The molecule has 2 radical (unpaired) electrons. The summed E-state index contributed by atoms with van der Waals surface area (Å²) in [4.78, 5) is 40.8. The highest BCUT2D eigenvalue weighted by molar-refractivity contribution is 6.32. The van der Waals surface area contributed by atoms with Crippen LogP contribution < -0.4 is 10.6 Å². The molecule has 3 heterocycles. The van der Waals surface area contributed by atoms with Gasteiger partial charge in [0, 0.05) is 61.5 Å². The third-order valence-corrected chi connectivity index (χ3v) is 7.32. The van der Waals surface area contributed by atoms with E-state index in [0.29, 0.717) is 28.9 Å². The lowest BCUT2D eigenvalue weighted by molar-refractivity contribution is -0.138.